The SMILES string of the molecule is C=C(C)CN1CCC(NC(=NC)NCC(OC)c2cccc(Cl)c2)CC1.I. The van der Waals surface area contributed by atoms with Crippen LogP contribution in [0.15, 0.2) is 41.4 Å². The number of hydrogen-bond donors (Lipinski definition) is 2. The van der Waals surface area contributed by atoms with Gasteiger partial charge in [-0.25, -0.2) is 0 Å². The molecule has 1 aliphatic rings. The Labute approximate surface area is 185 Å². The Hall–Kier alpha value is -0.830. The summed E-state index contributed by atoms with van der Waals surface area (Å²) in [6, 6.07) is 8.21. The number of piperidine rings is 1. The van der Waals surface area contributed by atoms with Crippen molar-refractivity contribution in [2.45, 2.75) is 31.9 Å². The predicted octanol–water partition coefficient (Wildman–Crippen LogP) is 3.85. The third-order valence-corrected chi connectivity index (χ3v) is 4.84. The molecule has 2 rings (SSSR count). The van der Waals surface area contributed by atoms with Crippen LogP contribution in [-0.2, 0) is 4.74 Å². The lowest BCUT2D eigenvalue weighted by Crippen LogP contribution is -2.49. The number of likely N-dealkylation sites (tertiary alicyclic amines) is 1. The Kier molecular flexibility index (Phi) is 11.3. The van der Waals surface area contributed by atoms with Gasteiger partial charge in [0.2, 0.25) is 0 Å². The van der Waals surface area contributed by atoms with E-state index in [-0.39, 0.29) is 30.1 Å². The normalized spacial score (nSPS) is 17.1. The fourth-order valence-corrected chi connectivity index (χ4v) is 3.44. The molecular weight excluding hydrogens is 475 g/mol. The van der Waals surface area contributed by atoms with Crippen LogP contribution in [0.5, 0.6) is 0 Å². The molecule has 0 bridgehead atoms. The second-order valence-corrected chi connectivity index (χ2v) is 7.32. The summed E-state index contributed by atoms with van der Waals surface area (Å²) in [6.07, 6.45) is 2.14. The minimum Gasteiger partial charge on any atom is -0.375 e. The highest BCUT2D eigenvalue weighted by Crippen LogP contribution is 2.19. The van der Waals surface area contributed by atoms with Gasteiger partial charge in [0.25, 0.3) is 0 Å². The topological polar surface area (TPSA) is 48.9 Å². The van der Waals surface area contributed by atoms with Crippen LogP contribution in [0.3, 0.4) is 0 Å². The molecule has 0 amide bonds. The lowest BCUT2D eigenvalue weighted by molar-refractivity contribution is 0.106. The summed E-state index contributed by atoms with van der Waals surface area (Å²) >= 11 is 6.09. The summed E-state index contributed by atoms with van der Waals surface area (Å²) in [5.74, 6) is 0.812. The first kappa shape index (κ1) is 24.2. The van der Waals surface area contributed by atoms with Crippen LogP contribution in [-0.4, -0.2) is 57.2 Å². The number of halogens is 2. The van der Waals surface area contributed by atoms with Crippen molar-refractivity contribution in [3.63, 3.8) is 0 Å². The van der Waals surface area contributed by atoms with Gasteiger partial charge in [0, 0.05) is 51.4 Å². The molecule has 0 aromatic heterocycles. The zero-order chi connectivity index (χ0) is 18.9. The predicted molar refractivity (Wildman–Crippen MR) is 125 cm³/mol. The van der Waals surface area contributed by atoms with Crippen LogP contribution in [0, 0.1) is 0 Å². The van der Waals surface area contributed by atoms with E-state index >= 15 is 0 Å². The van der Waals surface area contributed by atoms with Crippen molar-refractivity contribution in [2.24, 2.45) is 4.99 Å². The van der Waals surface area contributed by atoms with E-state index in [1.807, 2.05) is 24.3 Å². The fourth-order valence-electron chi connectivity index (χ4n) is 3.24. The standard InChI is InChI=1S/C20H31ClN4O.HI/c1-15(2)14-25-10-8-18(9-11-25)24-20(22-3)23-13-19(26-4)16-6-5-7-17(21)12-16;/h5-7,12,18-19H,1,8-11,13-14H2,2-4H3,(H2,22,23,24);1H. The van der Waals surface area contributed by atoms with E-state index in [1.165, 1.54) is 5.57 Å². The van der Waals surface area contributed by atoms with Gasteiger partial charge in [-0.3, -0.25) is 9.89 Å². The lowest BCUT2D eigenvalue weighted by atomic mass is 10.0. The summed E-state index contributed by atoms with van der Waals surface area (Å²) < 4.78 is 5.61. The molecule has 1 atom stereocenters. The maximum absolute atomic E-state index is 6.09. The number of benzene rings is 1. The highest BCUT2D eigenvalue weighted by atomic mass is 127. The van der Waals surface area contributed by atoms with Crippen LogP contribution < -0.4 is 10.6 Å². The van der Waals surface area contributed by atoms with Crippen LogP contribution in [0.4, 0.5) is 0 Å². The Morgan fingerprint density at radius 1 is 1.41 bits per heavy atom. The van der Waals surface area contributed by atoms with Crippen LogP contribution >= 0.6 is 35.6 Å². The van der Waals surface area contributed by atoms with Crippen molar-refractivity contribution in [2.75, 3.05) is 40.3 Å². The number of nitrogens with one attached hydrogen (secondary N) is 2. The van der Waals surface area contributed by atoms with Gasteiger partial charge in [0.1, 0.15) is 0 Å². The first-order valence-electron chi connectivity index (χ1n) is 9.14. The van der Waals surface area contributed by atoms with Gasteiger partial charge in [-0.1, -0.05) is 35.9 Å². The molecule has 1 unspecified atom stereocenters. The lowest BCUT2D eigenvalue weighted by Gasteiger charge is -2.33. The van der Waals surface area contributed by atoms with Crippen molar-refractivity contribution in [3.8, 4) is 0 Å². The van der Waals surface area contributed by atoms with Crippen molar-refractivity contribution >= 4 is 41.5 Å². The molecule has 7 heteroatoms. The van der Waals surface area contributed by atoms with E-state index < -0.39 is 0 Å². The number of ether oxygens (including phenoxy) is 1. The van der Waals surface area contributed by atoms with Gasteiger partial charge in [-0.15, -0.1) is 24.0 Å². The minimum atomic E-state index is -0.0790. The maximum atomic E-state index is 6.09. The molecule has 0 spiro atoms. The molecule has 27 heavy (non-hydrogen) atoms. The Morgan fingerprint density at radius 2 is 2.11 bits per heavy atom. The molecule has 1 aliphatic heterocycles. The number of nitrogens with zero attached hydrogens (tertiary/aromatic N) is 2. The number of guanidine groups is 1. The van der Waals surface area contributed by atoms with E-state index in [0.717, 1.165) is 44.0 Å². The van der Waals surface area contributed by atoms with Crippen molar-refractivity contribution < 1.29 is 4.74 Å². The average molecular weight is 507 g/mol. The summed E-state index contributed by atoms with van der Waals surface area (Å²) in [5.41, 5.74) is 2.27. The van der Waals surface area contributed by atoms with Gasteiger partial charge in [-0.2, -0.15) is 0 Å². The van der Waals surface area contributed by atoms with E-state index in [4.69, 9.17) is 16.3 Å². The fraction of sp³-hybridized carbons (Fsp3) is 0.550. The van der Waals surface area contributed by atoms with Crippen molar-refractivity contribution in [3.05, 3.63) is 47.0 Å². The van der Waals surface area contributed by atoms with Gasteiger partial charge in [0.05, 0.1) is 6.10 Å². The van der Waals surface area contributed by atoms with Gasteiger partial charge < -0.3 is 15.4 Å². The Morgan fingerprint density at radius 3 is 2.67 bits per heavy atom. The van der Waals surface area contributed by atoms with E-state index in [9.17, 15) is 0 Å². The molecule has 0 aliphatic carbocycles. The smallest absolute Gasteiger partial charge is 0.191 e. The zero-order valence-corrected chi connectivity index (χ0v) is 19.6. The monoisotopic (exact) mass is 506 g/mol. The quantitative estimate of drug-likeness (QED) is 0.255. The van der Waals surface area contributed by atoms with Gasteiger partial charge >= 0.3 is 0 Å². The van der Waals surface area contributed by atoms with Crippen molar-refractivity contribution in [1.29, 1.82) is 0 Å². The van der Waals surface area contributed by atoms with Crippen LogP contribution in [0.25, 0.3) is 0 Å². The molecular formula is C20H32ClIN4O. The largest absolute Gasteiger partial charge is 0.375 e. The summed E-state index contributed by atoms with van der Waals surface area (Å²) in [5, 5.41) is 7.62. The first-order valence-corrected chi connectivity index (χ1v) is 9.51. The molecule has 5 nitrogen and oxygen atoms in total. The van der Waals surface area contributed by atoms with Crippen LogP contribution in [0.2, 0.25) is 5.02 Å². The third kappa shape index (κ3) is 8.37. The van der Waals surface area contributed by atoms with E-state index in [0.29, 0.717) is 17.6 Å². The van der Waals surface area contributed by atoms with Gasteiger partial charge in [-0.05, 0) is 37.5 Å². The number of aliphatic imine (C=N–C) groups is 1. The number of methoxy groups -OCH3 is 1. The molecule has 1 saturated heterocycles. The average Bonchev–Trinajstić information content (AvgIpc) is 2.62. The van der Waals surface area contributed by atoms with E-state index in [2.05, 4.69) is 34.0 Å². The summed E-state index contributed by atoms with van der Waals surface area (Å²) in [6.45, 7) is 9.89. The summed E-state index contributed by atoms with van der Waals surface area (Å²) in [7, 11) is 3.51. The first-order chi connectivity index (χ1) is 12.5. The Balaban J connectivity index is 0.00000364. The molecule has 1 heterocycles. The zero-order valence-electron chi connectivity index (χ0n) is 16.5. The van der Waals surface area contributed by atoms with Crippen LogP contribution in [0.1, 0.15) is 31.4 Å². The van der Waals surface area contributed by atoms with Crippen molar-refractivity contribution in [1.82, 2.24) is 15.5 Å². The van der Waals surface area contributed by atoms with E-state index in [1.54, 1.807) is 14.2 Å². The molecule has 2 N–H and O–H groups in total. The molecule has 0 radical (unpaired) electrons. The highest BCUT2D eigenvalue weighted by Gasteiger charge is 2.20. The minimum absolute atomic E-state index is 0. The second-order valence-electron chi connectivity index (χ2n) is 6.88. The number of rotatable bonds is 7. The molecule has 0 saturated carbocycles. The molecule has 1 aromatic rings. The maximum Gasteiger partial charge on any atom is 0.191 e. The molecule has 152 valence electrons. The number of hydrogen-bond acceptors (Lipinski definition) is 3. The Bertz CT molecular complexity index is 618. The molecule has 1 aromatic carbocycles. The molecule has 1 fully saturated rings. The van der Waals surface area contributed by atoms with Gasteiger partial charge in [0.15, 0.2) is 5.96 Å². The highest BCUT2D eigenvalue weighted by molar-refractivity contribution is 14.0. The third-order valence-electron chi connectivity index (χ3n) is 4.61. The summed E-state index contributed by atoms with van der Waals surface area (Å²) in [4.78, 5) is 6.81. The second kappa shape index (κ2) is 12.6.